The molecule has 0 saturated heterocycles. The van der Waals surface area contributed by atoms with E-state index in [1.165, 1.54) is 37.4 Å². The second-order valence-corrected chi connectivity index (χ2v) is 7.87. The summed E-state index contributed by atoms with van der Waals surface area (Å²) in [5.74, 6) is 2.09. The molecule has 2 fully saturated rings. The number of hydrogen-bond donors (Lipinski definition) is 1. The highest BCUT2D eigenvalue weighted by Gasteiger charge is 2.36. The third-order valence-corrected chi connectivity index (χ3v) is 5.33. The van der Waals surface area contributed by atoms with Crippen LogP contribution in [0.25, 0.3) is 0 Å². The first kappa shape index (κ1) is 15.7. The Morgan fingerprint density at radius 3 is 2.50 bits per heavy atom. The van der Waals surface area contributed by atoms with E-state index in [-0.39, 0.29) is 5.91 Å². The number of nitrogens with one attached hydrogen (secondary N) is 1. The zero-order chi connectivity index (χ0) is 16.7. The summed E-state index contributed by atoms with van der Waals surface area (Å²) >= 11 is 1.49. The number of anilines is 1. The molecule has 126 valence electrons. The highest BCUT2D eigenvalue weighted by atomic mass is 32.2. The molecule has 1 heterocycles. The van der Waals surface area contributed by atoms with E-state index in [9.17, 15) is 4.79 Å². The number of aryl methyl sites for hydroxylation is 2. The predicted octanol–water partition coefficient (Wildman–Crippen LogP) is 3.84. The maximum Gasteiger partial charge on any atom is 0.234 e. The zero-order valence-electron chi connectivity index (χ0n) is 14.1. The van der Waals surface area contributed by atoms with Crippen molar-refractivity contribution in [3.05, 3.63) is 35.2 Å². The van der Waals surface area contributed by atoms with Crippen molar-refractivity contribution in [2.24, 2.45) is 0 Å². The molecule has 2 aliphatic rings. The standard InChI is InChI=1S/C18H22N4OS/c1-11-7-12(2)9-14(8-11)19-16(23)10-24-18-21-20-17(13-3-4-13)22(18)15-5-6-15/h7-9,13,15H,3-6,10H2,1-2H3,(H,19,23). The highest BCUT2D eigenvalue weighted by Crippen LogP contribution is 2.45. The van der Waals surface area contributed by atoms with E-state index in [1.54, 1.807) is 0 Å². The van der Waals surface area contributed by atoms with E-state index < -0.39 is 0 Å². The Bertz CT molecular complexity index is 757. The van der Waals surface area contributed by atoms with Gasteiger partial charge in [-0.25, -0.2) is 0 Å². The number of hydrogen-bond acceptors (Lipinski definition) is 4. The third kappa shape index (κ3) is 3.48. The minimum Gasteiger partial charge on any atom is -0.325 e. The van der Waals surface area contributed by atoms with Crippen LogP contribution in [0.1, 0.15) is 54.6 Å². The van der Waals surface area contributed by atoms with Crippen LogP contribution in [0.5, 0.6) is 0 Å². The molecular formula is C18H22N4OS. The fraction of sp³-hybridized carbons (Fsp3) is 0.500. The van der Waals surface area contributed by atoms with Crippen LogP contribution in [-0.4, -0.2) is 26.4 Å². The molecule has 2 aromatic rings. The van der Waals surface area contributed by atoms with Crippen LogP contribution in [0.15, 0.2) is 23.4 Å². The summed E-state index contributed by atoms with van der Waals surface area (Å²) in [5.41, 5.74) is 3.17. The Morgan fingerprint density at radius 2 is 1.88 bits per heavy atom. The smallest absolute Gasteiger partial charge is 0.234 e. The van der Waals surface area contributed by atoms with Gasteiger partial charge in [-0.15, -0.1) is 10.2 Å². The average Bonchev–Trinajstić information content (AvgIpc) is 3.42. The lowest BCUT2D eigenvalue weighted by molar-refractivity contribution is -0.113. The molecule has 0 atom stereocenters. The predicted molar refractivity (Wildman–Crippen MR) is 95.5 cm³/mol. The van der Waals surface area contributed by atoms with Crippen molar-refractivity contribution in [2.45, 2.75) is 56.6 Å². The summed E-state index contributed by atoms with van der Waals surface area (Å²) in [7, 11) is 0. The first-order valence-corrected chi connectivity index (χ1v) is 9.54. The molecule has 1 amide bonds. The van der Waals surface area contributed by atoms with Gasteiger partial charge in [0.25, 0.3) is 0 Å². The summed E-state index contributed by atoms with van der Waals surface area (Å²) < 4.78 is 2.28. The second-order valence-electron chi connectivity index (χ2n) is 6.93. The van der Waals surface area contributed by atoms with Crippen molar-refractivity contribution in [1.29, 1.82) is 0 Å². The Morgan fingerprint density at radius 1 is 1.17 bits per heavy atom. The molecule has 0 aliphatic heterocycles. The van der Waals surface area contributed by atoms with Crippen LogP contribution in [-0.2, 0) is 4.79 Å². The molecular weight excluding hydrogens is 320 g/mol. The van der Waals surface area contributed by atoms with E-state index in [0.29, 0.717) is 17.7 Å². The molecule has 0 radical (unpaired) electrons. The van der Waals surface area contributed by atoms with Gasteiger partial charge in [-0.2, -0.15) is 0 Å². The van der Waals surface area contributed by atoms with E-state index in [1.807, 2.05) is 26.0 Å². The molecule has 2 aliphatic carbocycles. The van der Waals surface area contributed by atoms with Gasteiger partial charge in [-0.05, 0) is 62.8 Å². The first-order valence-electron chi connectivity index (χ1n) is 8.56. The SMILES string of the molecule is Cc1cc(C)cc(NC(=O)CSc2nnc(C3CC3)n2C2CC2)c1. The number of nitrogens with zero attached hydrogens (tertiary/aromatic N) is 3. The second kappa shape index (κ2) is 6.24. The normalized spacial score (nSPS) is 17.1. The molecule has 5 nitrogen and oxygen atoms in total. The number of amides is 1. The van der Waals surface area contributed by atoms with Crippen LogP contribution < -0.4 is 5.32 Å². The van der Waals surface area contributed by atoms with Gasteiger partial charge in [0.05, 0.1) is 5.75 Å². The van der Waals surface area contributed by atoms with Crippen LogP contribution in [0.4, 0.5) is 5.69 Å². The lowest BCUT2D eigenvalue weighted by atomic mass is 10.1. The topological polar surface area (TPSA) is 59.8 Å². The van der Waals surface area contributed by atoms with Gasteiger partial charge < -0.3 is 9.88 Å². The average molecular weight is 342 g/mol. The van der Waals surface area contributed by atoms with Gasteiger partial charge in [0.15, 0.2) is 5.16 Å². The minimum atomic E-state index is 0.00307. The molecule has 1 aromatic heterocycles. The van der Waals surface area contributed by atoms with Gasteiger partial charge in [-0.1, -0.05) is 17.8 Å². The van der Waals surface area contributed by atoms with Gasteiger partial charge in [-0.3, -0.25) is 4.79 Å². The van der Waals surface area contributed by atoms with Crippen LogP contribution in [0.2, 0.25) is 0 Å². The van der Waals surface area contributed by atoms with Crippen molar-refractivity contribution in [2.75, 3.05) is 11.1 Å². The molecule has 0 spiro atoms. The van der Waals surface area contributed by atoms with Gasteiger partial charge >= 0.3 is 0 Å². The zero-order valence-corrected chi connectivity index (χ0v) is 14.9. The van der Waals surface area contributed by atoms with Gasteiger partial charge in [0, 0.05) is 17.6 Å². The molecule has 0 bridgehead atoms. The Labute approximate surface area is 146 Å². The third-order valence-electron chi connectivity index (χ3n) is 4.38. The molecule has 24 heavy (non-hydrogen) atoms. The number of benzene rings is 1. The number of carbonyl (C=O) groups excluding carboxylic acids is 1. The van der Waals surface area contributed by atoms with Crippen LogP contribution in [0, 0.1) is 13.8 Å². The molecule has 1 aromatic carbocycles. The summed E-state index contributed by atoms with van der Waals surface area (Å²) in [4.78, 5) is 12.3. The maximum absolute atomic E-state index is 12.3. The fourth-order valence-corrected chi connectivity index (χ4v) is 3.87. The lowest BCUT2D eigenvalue weighted by Crippen LogP contribution is -2.15. The number of rotatable bonds is 6. The van der Waals surface area contributed by atoms with E-state index >= 15 is 0 Å². The lowest BCUT2D eigenvalue weighted by Gasteiger charge is -2.09. The van der Waals surface area contributed by atoms with Crippen molar-refractivity contribution in [3.8, 4) is 0 Å². The Kier molecular flexibility index (Phi) is 4.08. The van der Waals surface area contributed by atoms with E-state index in [2.05, 4.69) is 26.1 Å². The summed E-state index contributed by atoms with van der Waals surface area (Å²) in [6.07, 6.45) is 4.87. The molecule has 2 saturated carbocycles. The number of aromatic nitrogens is 3. The largest absolute Gasteiger partial charge is 0.325 e. The minimum absolute atomic E-state index is 0.00307. The Hall–Kier alpha value is -1.82. The van der Waals surface area contributed by atoms with Crippen LogP contribution in [0.3, 0.4) is 0 Å². The quantitative estimate of drug-likeness (QED) is 0.810. The highest BCUT2D eigenvalue weighted by molar-refractivity contribution is 7.99. The molecule has 1 N–H and O–H groups in total. The van der Waals surface area contributed by atoms with Crippen molar-refractivity contribution >= 4 is 23.4 Å². The monoisotopic (exact) mass is 342 g/mol. The number of thioether (sulfide) groups is 1. The number of carbonyl (C=O) groups is 1. The molecule has 4 rings (SSSR count). The van der Waals surface area contributed by atoms with E-state index in [4.69, 9.17) is 0 Å². The van der Waals surface area contributed by atoms with Crippen molar-refractivity contribution in [1.82, 2.24) is 14.8 Å². The molecule has 6 heteroatoms. The fourth-order valence-electron chi connectivity index (χ4n) is 3.06. The van der Waals surface area contributed by atoms with Gasteiger partial charge in [0.2, 0.25) is 5.91 Å². The van der Waals surface area contributed by atoms with Crippen molar-refractivity contribution in [3.63, 3.8) is 0 Å². The molecule has 0 unspecified atom stereocenters. The Balaban J connectivity index is 1.40. The summed E-state index contributed by atoms with van der Waals surface area (Å²) in [6.45, 7) is 4.07. The first-order chi connectivity index (χ1) is 11.6. The summed E-state index contributed by atoms with van der Waals surface area (Å²) in [6, 6.07) is 6.64. The van der Waals surface area contributed by atoms with Crippen molar-refractivity contribution < 1.29 is 4.79 Å². The summed E-state index contributed by atoms with van der Waals surface area (Å²) in [5, 5.41) is 12.6. The van der Waals surface area contributed by atoms with E-state index in [0.717, 1.165) is 27.8 Å². The maximum atomic E-state index is 12.3. The van der Waals surface area contributed by atoms with Crippen LogP contribution >= 0.6 is 11.8 Å². The van der Waals surface area contributed by atoms with Gasteiger partial charge in [0.1, 0.15) is 5.82 Å².